The molecule has 8 heteroatoms. The van der Waals surface area contributed by atoms with E-state index in [9.17, 15) is 14.9 Å². The first-order valence-electron chi connectivity index (χ1n) is 5.98. The Morgan fingerprint density at radius 1 is 1.52 bits per heavy atom. The van der Waals surface area contributed by atoms with Gasteiger partial charge in [0.05, 0.1) is 23.3 Å². The van der Waals surface area contributed by atoms with Crippen LogP contribution in [0.3, 0.4) is 0 Å². The zero-order valence-corrected chi connectivity index (χ0v) is 12.2. The van der Waals surface area contributed by atoms with Crippen LogP contribution in [0.1, 0.15) is 12.5 Å². The molecule has 21 heavy (non-hydrogen) atoms. The van der Waals surface area contributed by atoms with Gasteiger partial charge in [0.25, 0.3) is 5.69 Å². The molecule has 1 atom stereocenters. The van der Waals surface area contributed by atoms with E-state index in [1.165, 1.54) is 19.2 Å². The van der Waals surface area contributed by atoms with Crippen molar-refractivity contribution in [1.29, 1.82) is 0 Å². The fourth-order valence-electron chi connectivity index (χ4n) is 1.94. The average molecular weight is 307 g/mol. The molecule has 1 unspecified atom stereocenters. The predicted octanol–water partition coefficient (Wildman–Crippen LogP) is 1.93. The van der Waals surface area contributed by atoms with Crippen molar-refractivity contribution in [2.24, 2.45) is 10.7 Å². The molecule has 0 saturated carbocycles. The number of thioether (sulfide) groups is 1. The van der Waals surface area contributed by atoms with Crippen LogP contribution in [0.2, 0.25) is 0 Å². The number of carbonyl (C=O) groups is 1. The van der Waals surface area contributed by atoms with Crippen LogP contribution in [0, 0.1) is 10.1 Å². The van der Waals surface area contributed by atoms with Crippen LogP contribution < -0.4 is 5.73 Å². The fourth-order valence-corrected chi connectivity index (χ4v) is 3.01. The molecule has 0 amide bonds. The molecule has 0 spiro atoms. The highest BCUT2D eigenvalue weighted by molar-refractivity contribution is 8.09. The summed E-state index contributed by atoms with van der Waals surface area (Å²) in [5.41, 5.74) is 6.47. The van der Waals surface area contributed by atoms with Crippen molar-refractivity contribution in [2.75, 3.05) is 7.11 Å². The molecule has 0 radical (unpaired) electrons. The Labute approximate surface area is 125 Å². The van der Waals surface area contributed by atoms with Gasteiger partial charge in [0, 0.05) is 17.0 Å². The van der Waals surface area contributed by atoms with Crippen LogP contribution >= 0.6 is 11.8 Å². The normalized spacial score (nSPS) is 18.2. The highest BCUT2D eigenvalue weighted by atomic mass is 32.2. The van der Waals surface area contributed by atoms with Crippen LogP contribution in [0.4, 0.5) is 5.69 Å². The molecule has 1 aromatic rings. The zero-order chi connectivity index (χ0) is 15.6. The number of ether oxygens (including phenoxy) is 1. The van der Waals surface area contributed by atoms with Crippen molar-refractivity contribution < 1.29 is 14.5 Å². The number of carbonyl (C=O) groups excluding carboxylic acids is 1. The van der Waals surface area contributed by atoms with E-state index in [1.807, 2.05) is 0 Å². The standard InChI is InChI=1S/C13H13N3O4S/c1-7-10(12(17)20-2)11(21-13(14)15-7)8-4-3-5-9(6-8)16(18)19/h3-6,13H,14H2,1-2H3. The Hall–Kier alpha value is -2.19. The highest BCUT2D eigenvalue weighted by Gasteiger charge is 2.27. The largest absolute Gasteiger partial charge is 0.465 e. The predicted molar refractivity (Wildman–Crippen MR) is 80.7 cm³/mol. The van der Waals surface area contributed by atoms with Crippen LogP contribution in [0.15, 0.2) is 34.8 Å². The smallest absolute Gasteiger partial charge is 0.340 e. The Bertz CT molecular complexity index is 669. The van der Waals surface area contributed by atoms with E-state index in [2.05, 4.69) is 4.99 Å². The number of nitrogens with zero attached hydrogens (tertiary/aromatic N) is 2. The quantitative estimate of drug-likeness (QED) is 0.519. The molecule has 1 aromatic carbocycles. The maximum absolute atomic E-state index is 11.9. The van der Waals surface area contributed by atoms with E-state index in [0.717, 1.165) is 11.8 Å². The van der Waals surface area contributed by atoms with Gasteiger partial charge >= 0.3 is 5.97 Å². The Morgan fingerprint density at radius 2 is 2.24 bits per heavy atom. The number of nitro benzene ring substituents is 1. The summed E-state index contributed by atoms with van der Waals surface area (Å²) in [6.45, 7) is 1.66. The van der Waals surface area contributed by atoms with E-state index in [0.29, 0.717) is 16.2 Å². The summed E-state index contributed by atoms with van der Waals surface area (Å²) in [6, 6.07) is 6.03. The number of hydrogen-bond acceptors (Lipinski definition) is 7. The van der Waals surface area contributed by atoms with Gasteiger partial charge in [-0.05, 0) is 12.5 Å². The molecule has 0 aliphatic carbocycles. The second kappa shape index (κ2) is 6.06. The molecule has 0 aromatic heterocycles. The summed E-state index contributed by atoms with van der Waals surface area (Å²) in [5, 5.41) is 10.9. The third-order valence-corrected chi connectivity index (χ3v) is 3.88. The summed E-state index contributed by atoms with van der Waals surface area (Å²) in [7, 11) is 1.27. The molecule has 2 rings (SSSR count). The van der Waals surface area contributed by atoms with Crippen molar-refractivity contribution in [1.82, 2.24) is 0 Å². The minimum Gasteiger partial charge on any atom is -0.465 e. The molecule has 7 nitrogen and oxygen atoms in total. The number of esters is 1. The third kappa shape index (κ3) is 3.11. The first kappa shape index (κ1) is 15.2. The molecule has 0 bridgehead atoms. The Morgan fingerprint density at radius 3 is 2.86 bits per heavy atom. The first-order chi connectivity index (χ1) is 9.93. The number of aliphatic imine (C=N–C) groups is 1. The number of nitrogens with two attached hydrogens (primary N) is 1. The van der Waals surface area contributed by atoms with Crippen molar-refractivity contribution in [3.63, 3.8) is 0 Å². The minimum atomic E-state index is -0.562. The van der Waals surface area contributed by atoms with E-state index in [4.69, 9.17) is 10.5 Å². The summed E-state index contributed by atoms with van der Waals surface area (Å²) < 4.78 is 4.76. The van der Waals surface area contributed by atoms with Gasteiger partial charge in [0.15, 0.2) is 0 Å². The number of hydrogen-bond donors (Lipinski definition) is 1. The Kier molecular flexibility index (Phi) is 4.39. The summed E-state index contributed by atoms with van der Waals surface area (Å²) in [6.07, 6.45) is 0. The molecule has 2 N–H and O–H groups in total. The van der Waals surface area contributed by atoms with Gasteiger partial charge in [-0.2, -0.15) is 0 Å². The molecule has 110 valence electrons. The molecular weight excluding hydrogens is 294 g/mol. The van der Waals surface area contributed by atoms with Crippen LogP contribution in [-0.2, 0) is 9.53 Å². The number of non-ortho nitro benzene ring substituents is 1. The highest BCUT2D eigenvalue weighted by Crippen LogP contribution is 2.38. The van der Waals surface area contributed by atoms with Gasteiger partial charge in [0.1, 0.15) is 5.50 Å². The lowest BCUT2D eigenvalue weighted by atomic mass is 10.1. The van der Waals surface area contributed by atoms with Gasteiger partial charge < -0.3 is 10.5 Å². The number of methoxy groups -OCH3 is 1. The summed E-state index contributed by atoms with van der Waals surface area (Å²) in [5.74, 6) is -0.544. The lowest BCUT2D eigenvalue weighted by Crippen LogP contribution is -2.24. The van der Waals surface area contributed by atoms with Crippen molar-refractivity contribution in [3.8, 4) is 0 Å². The van der Waals surface area contributed by atoms with Gasteiger partial charge in [0.2, 0.25) is 0 Å². The lowest BCUT2D eigenvalue weighted by Gasteiger charge is -2.21. The second-order valence-corrected chi connectivity index (χ2v) is 5.35. The molecular formula is C13H13N3O4S. The maximum Gasteiger partial charge on any atom is 0.340 e. The summed E-state index contributed by atoms with van der Waals surface area (Å²) >= 11 is 1.16. The monoisotopic (exact) mass is 307 g/mol. The molecule has 0 fully saturated rings. The Balaban J connectivity index is 2.60. The second-order valence-electron chi connectivity index (χ2n) is 4.23. The van der Waals surface area contributed by atoms with Gasteiger partial charge in [-0.15, -0.1) is 0 Å². The minimum absolute atomic E-state index is 0.0569. The molecule has 1 aliphatic heterocycles. The first-order valence-corrected chi connectivity index (χ1v) is 6.86. The van der Waals surface area contributed by atoms with E-state index in [1.54, 1.807) is 19.1 Å². The van der Waals surface area contributed by atoms with Crippen LogP contribution in [0.25, 0.3) is 4.91 Å². The van der Waals surface area contributed by atoms with Crippen molar-refractivity contribution >= 4 is 34.0 Å². The fraction of sp³-hybridized carbons (Fsp3) is 0.231. The van der Waals surface area contributed by atoms with E-state index in [-0.39, 0.29) is 11.3 Å². The topological polar surface area (TPSA) is 108 Å². The van der Waals surface area contributed by atoms with Crippen LogP contribution in [-0.4, -0.2) is 29.2 Å². The number of nitro groups is 1. The molecule has 1 aliphatic rings. The van der Waals surface area contributed by atoms with E-state index < -0.39 is 16.4 Å². The SMILES string of the molecule is COC(=O)C1=C(c2cccc([N+](=O)[O-])c2)SC(N)N=C1C. The number of benzene rings is 1. The van der Waals surface area contributed by atoms with E-state index >= 15 is 0 Å². The molecule has 0 saturated heterocycles. The van der Waals surface area contributed by atoms with Gasteiger partial charge in [-0.25, -0.2) is 4.79 Å². The maximum atomic E-state index is 11.9. The van der Waals surface area contributed by atoms with Crippen molar-refractivity contribution in [2.45, 2.75) is 12.4 Å². The van der Waals surface area contributed by atoms with Gasteiger partial charge in [-0.1, -0.05) is 23.9 Å². The summed E-state index contributed by atoms with van der Waals surface area (Å²) in [4.78, 5) is 27.0. The molecule has 1 heterocycles. The van der Waals surface area contributed by atoms with Crippen molar-refractivity contribution in [3.05, 3.63) is 45.5 Å². The third-order valence-electron chi connectivity index (χ3n) is 2.86. The van der Waals surface area contributed by atoms with Gasteiger partial charge in [-0.3, -0.25) is 15.1 Å². The van der Waals surface area contributed by atoms with Crippen LogP contribution in [0.5, 0.6) is 0 Å². The lowest BCUT2D eigenvalue weighted by molar-refractivity contribution is -0.384. The number of rotatable bonds is 3. The zero-order valence-electron chi connectivity index (χ0n) is 11.4. The average Bonchev–Trinajstić information content (AvgIpc) is 2.45.